The number of hydrogen-bond donors (Lipinski definition) is 0. The lowest BCUT2D eigenvalue weighted by Crippen LogP contribution is -2.18. The van der Waals surface area contributed by atoms with Crippen molar-refractivity contribution < 1.29 is 9.47 Å². The van der Waals surface area contributed by atoms with Crippen molar-refractivity contribution in [1.29, 1.82) is 0 Å². The number of fused-ring (bicyclic) bond motifs is 1. The molecule has 0 aliphatic carbocycles. The minimum Gasteiger partial charge on any atom is -0.495 e. The van der Waals surface area contributed by atoms with Crippen LogP contribution in [-0.4, -0.2) is 34.9 Å². The minimum atomic E-state index is 0.650. The van der Waals surface area contributed by atoms with Crippen LogP contribution in [0.5, 0.6) is 5.75 Å². The minimum absolute atomic E-state index is 0.650. The maximum Gasteiger partial charge on any atom is 0.161 e. The standard InChI is InChI=1S/C13H17N3O2/c1-17-11-2-3-12-14-15-13(16(12)9-11)8-10-4-6-18-7-5-10/h2-3,9-10H,4-8H2,1H3. The summed E-state index contributed by atoms with van der Waals surface area (Å²) in [7, 11) is 1.67. The van der Waals surface area contributed by atoms with Crippen LogP contribution >= 0.6 is 0 Å². The van der Waals surface area contributed by atoms with E-state index in [1.807, 2.05) is 22.7 Å². The molecule has 3 heterocycles. The van der Waals surface area contributed by atoms with Crippen LogP contribution in [0.4, 0.5) is 0 Å². The van der Waals surface area contributed by atoms with Gasteiger partial charge in [0.1, 0.15) is 11.6 Å². The first-order valence-corrected chi connectivity index (χ1v) is 6.32. The lowest BCUT2D eigenvalue weighted by Gasteiger charge is -2.20. The number of ether oxygens (including phenoxy) is 2. The molecule has 5 heteroatoms. The summed E-state index contributed by atoms with van der Waals surface area (Å²) >= 11 is 0. The van der Waals surface area contributed by atoms with Crippen molar-refractivity contribution in [2.45, 2.75) is 19.3 Å². The topological polar surface area (TPSA) is 48.7 Å². The molecular formula is C13H17N3O2. The van der Waals surface area contributed by atoms with E-state index in [2.05, 4.69) is 10.2 Å². The van der Waals surface area contributed by atoms with Gasteiger partial charge in [-0.05, 0) is 30.9 Å². The zero-order chi connectivity index (χ0) is 12.4. The molecular weight excluding hydrogens is 230 g/mol. The Kier molecular flexibility index (Phi) is 3.15. The van der Waals surface area contributed by atoms with Crippen LogP contribution in [0.2, 0.25) is 0 Å². The van der Waals surface area contributed by atoms with Crippen LogP contribution in [0.25, 0.3) is 5.65 Å². The third-order valence-corrected chi connectivity index (χ3v) is 3.49. The van der Waals surface area contributed by atoms with Crippen LogP contribution < -0.4 is 4.74 Å². The van der Waals surface area contributed by atoms with E-state index in [-0.39, 0.29) is 0 Å². The van der Waals surface area contributed by atoms with E-state index in [1.54, 1.807) is 7.11 Å². The molecule has 2 aromatic heterocycles. The van der Waals surface area contributed by atoms with Gasteiger partial charge in [-0.15, -0.1) is 10.2 Å². The molecule has 0 aromatic carbocycles. The lowest BCUT2D eigenvalue weighted by atomic mass is 9.96. The highest BCUT2D eigenvalue weighted by molar-refractivity contribution is 5.41. The lowest BCUT2D eigenvalue weighted by molar-refractivity contribution is 0.0659. The Morgan fingerprint density at radius 3 is 2.94 bits per heavy atom. The van der Waals surface area contributed by atoms with Crippen molar-refractivity contribution in [2.75, 3.05) is 20.3 Å². The zero-order valence-electron chi connectivity index (χ0n) is 10.5. The highest BCUT2D eigenvalue weighted by Crippen LogP contribution is 2.20. The number of methoxy groups -OCH3 is 1. The SMILES string of the molecule is COc1ccc2nnc(CC3CCOCC3)n2c1. The fourth-order valence-electron chi connectivity index (χ4n) is 2.39. The molecule has 2 aromatic rings. The second kappa shape index (κ2) is 4.94. The van der Waals surface area contributed by atoms with E-state index in [9.17, 15) is 0 Å². The number of pyridine rings is 1. The first-order valence-electron chi connectivity index (χ1n) is 6.32. The van der Waals surface area contributed by atoms with Gasteiger partial charge in [-0.25, -0.2) is 0 Å². The number of aromatic nitrogens is 3. The number of hydrogen-bond acceptors (Lipinski definition) is 4. The Balaban J connectivity index is 1.86. The molecule has 1 aliphatic heterocycles. The molecule has 1 aliphatic rings. The van der Waals surface area contributed by atoms with E-state index in [0.29, 0.717) is 5.92 Å². The third kappa shape index (κ3) is 2.18. The Labute approximate surface area is 106 Å². The second-order valence-corrected chi connectivity index (χ2v) is 4.67. The van der Waals surface area contributed by atoms with Gasteiger partial charge in [0.05, 0.1) is 13.3 Å². The molecule has 0 unspecified atom stereocenters. The monoisotopic (exact) mass is 247 g/mol. The molecule has 0 radical (unpaired) electrons. The van der Waals surface area contributed by atoms with E-state index in [1.165, 1.54) is 0 Å². The molecule has 0 saturated carbocycles. The highest BCUT2D eigenvalue weighted by atomic mass is 16.5. The maximum absolute atomic E-state index is 5.38. The summed E-state index contributed by atoms with van der Waals surface area (Å²) in [5.74, 6) is 2.49. The van der Waals surface area contributed by atoms with Crippen molar-refractivity contribution in [3.05, 3.63) is 24.2 Å². The normalized spacial score (nSPS) is 17.2. The Bertz CT molecular complexity index is 532. The van der Waals surface area contributed by atoms with Gasteiger partial charge in [0.15, 0.2) is 5.65 Å². The molecule has 18 heavy (non-hydrogen) atoms. The van der Waals surface area contributed by atoms with Gasteiger partial charge in [-0.2, -0.15) is 0 Å². The summed E-state index contributed by atoms with van der Waals surface area (Å²) < 4.78 is 12.6. The summed E-state index contributed by atoms with van der Waals surface area (Å²) in [6.07, 6.45) is 5.12. The summed E-state index contributed by atoms with van der Waals surface area (Å²) in [5.41, 5.74) is 0.873. The van der Waals surface area contributed by atoms with Gasteiger partial charge in [0.25, 0.3) is 0 Å². The van der Waals surface area contributed by atoms with Crippen LogP contribution in [0.3, 0.4) is 0 Å². The predicted molar refractivity (Wildman–Crippen MR) is 66.8 cm³/mol. The first-order chi connectivity index (χ1) is 8.86. The molecule has 96 valence electrons. The summed E-state index contributed by atoms with van der Waals surface area (Å²) in [6, 6.07) is 3.83. The smallest absolute Gasteiger partial charge is 0.161 e. The Morgan fingerprint density at radius 1 is 1.33 bits per heavy atom. The van der Waals surface area contributed by atoms with Gasteiger partial charge in [-0.1, -0.05) is 0 Å². The van der Waals surface area contributed by atoms with Gasteiger partial charge in [0.2, 0.25) is 0 Å². The van der Waals surface area contributed by atoms with Crippen molar-refractivity contribution >= 4 is 5.65 Å². The largest absolute Gasteiger partial charge is 0.495 e. The molecule has 3 rings (SSSR count). The maximum atomic E-state index is 5.38. The number of rotatable bonds is 3. The van der Waals surface area contributed by atoms with Crippen LogP contribution in [0, 0.1) is 5.92 Å². The molecule has 0 atom stereocenters. The Hall–Kier alpha value is -1.62. The van der Waals surface area contributed by atoms with E-state index < -0.39 is 0 Å². The number of nitrogens with zero attached hydrogens (tertiary/aromatic N) is 3. The molecule has 1 saturated heterocycles. The van der Waals surface area contributed by atoms with Gasteiger partial charge >= 0.3 is 0 Å². The van der Waals surface area contributed by atoms with Gasteiger partial charge < -0.3 is 9.47 Å². The van der Waals surface area contributed by atoms with Crippen molar-refractivity contribution in [3.63, 3.8) is 0 Å². The van der Waals surface area contributed by atoms with Gasteiger partial charge in [0, 0.05) is 19.6 Å². The second-order valence-electron chi connectivity index (χ2n) is 4.67. The average molecular weight is 247 g/mol. The molecule has 0 amide bonds. The van der Waals surface area contributed by atoms with E-state index >= 15 is 0 Å². The summed E-state index contributed by atoms with van der Waals surface area (Å²) in [6.45, 7) is 1.73. The fourth-order valence-corrected chi connectivity index (χ4v) is 2.39. The zero-order valence-corrected chi connectivity index (χ0v) is 10.5. The molecule has 0 N–H and O–H groups in total. The molecule has 5 nitrogen and oxygen atoms in total. The van der Waals surface area contributed by atoms with Crippen molar-refractivity contribution in [1.82, 2.24) is 14.6 Å². The first kappa shape index (κ1) is 11.5. The fraction of sp³-hybridized carbons (Fsp3) is 0.538. The van der Waals surface area contributed by atoms with E-state index in [0.717, 1.165) is 49.7 Å². The van der Waals surface area contributed by atoms with Crippen LogP contribution in [0.15, 0.2) is 18.3 Å². The molecule has 1 fully saturated rings. The van der Waals surface area contributed by atoms with Crippen LogP contribution in [0.1, 0.15) is 18.7 Å². The third-order valence-electron chi connectivity index (χ3n) is 3.49. The van der Waals surface area contributed by atoms with E-state index in [4.69, 9.17) is 9.47 Å². The summed E-state index contributed by atoms with van der Waals surface area (Å²) in [4.78, 5) is 0. The summed E-state index contributed by atoms with van der Waals surface area (Å²) in [5, 5.41) is 8.47. The highest BCUT2D eigenvalue weighted by Gasteiger charge is 2.17. The van der Waals surface area contributed by atoms with Crippen molar-refractivity contribution in [2.24, 2.45) is 5.92 Å². The Morgan fingerprint density at radius 2 is 2.17 bits per heavy atom. The predicted octanol–water partition coefficient (Wildman–Crippen LogP) is 1.71. The quantitative estimate of drug-likeness (QED) is 0.828. The van der Waals surface area contributed by atoms with Crippen LogP contribution in [-0.2, 0) is 11.2 Å². The van der Waals surface area contributed by atoms with Crippen molar-refractivity contribution in [3.8, 4) is 5.75 Å². The van der Waals surface area contributed by atoms with Gasteiger partial charge in [-0.3, -0.25) is 4.40 Å². The molecule has 0 bridgehead atoms. The average Bonchev–Trinajstić information content (AvgIpc) is 2.82. The molecule has 0 spiro atoms.